The molecule has 0 bridgehead atoms. The summed E-state index contributed by atoms with van der Waals surface area (Å²) in [5, 5.41) is 2.43. The minimum atomic E-state index is -0.693. The minimum Gasteiger partial charge on any atom is -0.481 e. The van der Waals surface area contributed by atoms with Gasteiger partial charge in [0.2, 0.25) is 0 Å². The van der Waals surface area contributed by atoms with E-state index in [1.807, 2.05) is 30.3 Å². The fraction of sp³-hybridized carbons (Fsp3) is 0.0870. The molecule has 0 spiro atoms. The minimum absolute atomic E-state index is 0.0820. The average Bonchev–Trinajstić information content (AvgIpc) is 2.82. The van der Waals surface area contributed by atoms with Crippen molar-refractivity contribution in [2.75, 3.05) is 13.2 Å². The van der Waals surface area contributed by atoms with Gasteiger partial charge in [-0.05, 0) is 48.5 Å². The Bertz CT molecular complexity index is 1070. The molecule has 0 saturated heterocycles. The maximum absolute atomic E-state index is 13.4. The number of nitrogens with one attached hydrogen (secondary N) is 3. The first kappa shape index (κ1) is 22.3. The van der Waals surface area contributed by atoms with Crippen LogP contribution in [-0.4, -0.2) is 30.9 Å². The Hall–Kier alpha value is -4.40. The second kappa shape index (κ2) is 11.1. The lowest BCUT2D eigenvalue weighted by molar-refractivity contribution is -0.129. The van der Waals surface area contributed by atoms with Gasteiger partial charge in [-0.2, -0.15) is 0 Å². The van der Waals surface area contributed by atoms with E-state index in [0.29, 0.717) is 17.1 Å². The van der Waals surface area contributed by atoms with E-state index in [1.54, 1.807) is 30.3 Å². The number of hydrazine groups is 1. The molecule has 3 rings (SSSR count). The zero-order chi connectivity index (χ0) is 22.8. The van der Waals surface area contributed by atoms with Crippen molar-refractivity contribution in [3.8, 4) is 17.2 Å². The highest BCUT2D eigenvalue weighted by Crippen LogP contribution is 2.21. The molecular formula is C23H20FN3O5. The van der Waals surface area contributed by atoms with Crippen LogP contribution in [0.3, 0.4) is 0 Å². The van der Waals surface area contributed by atoms with Crippen LogP contribution in [0.4, 0.5) is 4.39 Å². The molecular weight excluding hydrogens is 417 g/mol. The molecule has 8 nitrogen and oxygen atoms in total. The molecule has 9 heteroatoms. The van der Waals surface area contributed by atoms with E-state index in [0.717, 1.165) is 0 Å². The summed E-state index contributed by atoms with van der Waals surface area (Å²) in [4.78, 5) is 35.7. The van der Waals surface area contributed by atoms with Crippen molar-refractivity contribution in [1.82, 2.24) is 16.2 Å². The number of hydrogen-bond acceptors (Lipinski definition) is 5. The van der Waals surface area contributed by atoms with E-state index in [-0.39, 0.29) is 12.3 Å². The number of halogens is 1. The van der Waals surface area contributed by atoms with Crippen LogP contribution in [-0.2, 0) is 9.59 Å². The Balaban J connectivity index is 1.37. The van der Waals surface area contributed by atoms with Gasteiger partial charge in [0.15, 0.2) is 18.2 Å². The molecule has 0 aromatic heterocycles. The third-order valence-corrected chi connectivity index (χ3v) is 4.04. The fourth-order valence-electron chi connectivity index (χ4n) is 2.49. The van der Waals surface area contributed by atoms with E-state index in [2.05, 4.69) is 16.2 Å². The smallest absolute Gasteiger partial charge is 0.276 e. The van der Waals surface area contributed by atoms with E-state index in [9.17, 15) is 18.8 Å². The Kier molecular flexibility index (Phi) is 7.74. The van der Waals surface area contributed by atoms with Crippen molar-refractivity contribution < 1.29 is 28.2 Å². The van der Waals surface area contributed by atoms with Gasteiger partial charge in [-0.3, -0.25) is 25.2 Å². The highest BCUT2D eigenvalue weighted by molar-refractivity contribution is 5.96. The van der Waals surface area contributed by atoms with Crippen LogP contribution in [0.25, 0.3) is 0 Å². The van der Waals surface area contributed by atoms with Crippen LogP contribution in [0.2, 0.25) is 0 Å². The Morgan fingerprint density at radius 2 is 1.38 bits per heavy atom. The third kappa shape index (κ3) is 6.84. The van der Waals surface area contributed by atoms with Gasteiger partial charge in [-0.1, -0.05) is 30.3 Å². The summed E-state index contributed by atoms with van der Waals surface area (Å²) < 4.78 is 24.1. The second-order valence-corrected chi connectivity index (χ2v) is 6.44. The number of hydrogen-bond donors (Lipinski definition) is 3. The van der Waals surface area contributed by atoms with Crippen LogP contribution >= 0.6 is 0 Å². The number of benzene rings is 3. The molecule has 0 heterocycles. The zero-order valence-electron chi connectivity index (χ0n) is 16.8. The van der Waals surface area contributed by atoms with Gasteiger partial charge < -0.3 is 14.8 Å². The van der Waals surface area contributed by atoms with Gasteiger partial charge in [0, 0.05) is 5.56 Å². The number of carbonyl (C=O) groups is 3. The van der Waals surface area contributed by atoms with Gasteiger partial charge in [0.05, 0.1) is 6.54 Å². The number of amides is 3. The predicted octanol–water partition coefficient (Wildman–Crippen LogP) is 2.57. The highest BCUT2D eigenvalue weighted by atomic mass is 19.1. The Morgan fingerprint density at radius 3 is 2.09 bits per heavy atom. The molecule has 0 aliphatic carbocycles. The van der Waals surface area contributed by atoms with E-state index >= 15 is 0 Å². The van der Waals surface area contributed by atoms with Crippen molar-refractivity contribution >= 4 is 17.7 Å². The first-order chi connectivity index (χ1) is 15.5. The average molecular weight is 437 g/mol. The van der Waals surface area contributed by atoms with E-state index in [1.165, 1.54) is 18.2 Å². The van der Waals surface area contributed by atoms with Crippen molar-refractivity contribution in [1.29, 1.82) is 0 Å². The van der Waals surface area contributed by atoms with E-state index < -0.39 is 30.1 Å². The number of carbonyl (C=O) groups excluding carboxylic acids is 3. The lowest BCUT2D eigenvalue weighted by Gasteiger charge is -2.10. The Morgan fingerprint density at radius 1 is 0.750 bits per heavy atom. The summed E-state index contributed by atoms with van der Waals surface area (Å²) >= 11 is 0. The molecule has 3 amide bonds. The topological polar surface area (TPSA) is 106 Å². The van der Waals surface area contributed by atoms with Crippen LogP contribution in [0.15, 0.2) is 78.9 Å². The SMILES string of the molecule is O=C(CNC(=O)c1ccc(Oc2ccccc2)cc1)NNC(=O)COc1ccccc1F. The summed E-state index contributed by atoms with van der Waals surface area (Å²) in [5.41, 5.74) is 4.58. The summed E-state index contributed by atoms with van der Waals surface area (Å²) in [6.45, 7) is -0.861. The monoisotopic (exact) mass is 437 g/mol. The molecule has 0 unspecified atom stereocenters. The summed E-state index contributed by atoms with van der Waals surface area (Å²) in [6, 6.07) is 21.2. The van der Waals surface area contributed by atoms with Gasteiger partial charge in [0.25, 0.3) is 17.7 Å². The third-order valence-electron chi connectivity index (χ3n) is 4.04. The first-order valence-corrected chi connectivity index (χ1v) is 9.57. The molecule has 0 atom stereocenters. The second-order valence-electron chi connectivity index (χ2n) is 6.44. The number of rotatable bonds is 8. The lowest BCUT2D eigenvalue weighted by atomic mass is 10.2. The van der Waals surface area contributed by atoms with Crippen molar-refractivity contribution in [3.63, 3.8) is 0 Å². The molecule has 0 saturated carbocycles. The predicted molar refractivity (Wildman–Crippen MR) is 113 cm³/mol. The molecule has 3 N–H and O–H groups in total. The normalized spacial score (nSPS) is 10.0. The van der Waals surface area contributed by atoms with Crippen LogP contribution in [0.5, 0.6) is 17.2 Å². The molecule has 0 aliphatic heterocycles. The van der Waals surface area contributed by atoms with Crippen LogP contribution < -0.4 is 25.6 Å². The molecule has 0 fully saturated rings. The fourth-order valence-corrected chi connectivity index (χ4v) is 2.49. The largest absolute Gasteiger partial charge is 0.481 e. The number of ether oxygens (including phenoxy) is 2. The summed E-state index contributed by atoms with van der Waals surface area (Å²) in [5.74, 6) is -1.27. The molecule has 32 heavy (non-hydrogen) atoms. The van der Waals surface area contributed by atoms with Crippen molar-refractivity contribution in [2.45, 2.75) is 0 Å². The maximum atomic E-state index is 13.4. The molecule has 3 aromatic rings. The van der Waals surface area contributed by atoms with E-state index in [4.69, 9.17) is 9.47 Å². The molecule has 0 radical (unpaired) electrons. The van der Waals surface area contributed by atoms with Crippen molar-refractivity contribution in [2.24, 2.45) is 0 Å². The molecule has 0 aliphatic rings. The van der Waals surface area contributed by atoms with Crippen LogP contribution in [0, 0.1) is 5.82 Å². The van der Waals surface area contributed by atoms with Crippen molar-refractivity contribution in [3.05, 3.63) is 90.2 Å². The van der Waals surface area contributed by atoms with Gasteiger partial charge in [-0.25, -0.2) is 4.39 Å². The number of para-hydroxylation sites is 2. The highest BCUT2D eigenvalue weighted by Gasteiger charge is 2.10. The standard InChI is InChI=1S/C23H20FN3O5/c24-19-8-4-5-9-20(19)31-15-22(29)27-26-21(28)14-25-23(30)16-10-12-18(13-11-16)32-17-6-2-1-3-7-17/h1-13H,14-15H2,(H,25,30)(H,26,28)(H,27,29). The summed E-state index contributed by atoms with van der Waals surface area (Å²) in [7, 11) is 0. The Labute approximate surface area is 183 Å². The summed E-state index contributed by atoms with van der Waals surface area (Å²) in [6.07, 6.45) is 0. The molecule has 3 aromatic carbocycles. The quantitative estimate of drug-likeness (QED) is 0.470. The van der Waals surface area contributed by atoms with Crippen LogP contribution in [0.1, 0.15) is 10.4 Å². The molecule has 164 valence electrons. The van der Waals surface area contributed by atoms with Gasteiger partial charge in [-0.15, -0.1) is 0 Å². The zero-order valence-corrected chi connectivity index (χ0v) is 16.8. The maximum Gasteiger partial charge on any atom is 0.276 e. The first-order valence-electron chi connectivity index (χ1n) is 9.57. The van der Waals surface area contributed by atoms with Gasteiger partial charge >= 0.3 is 0 Å². The van der Waals surface area contributed by atoms with Gasteiger partial charge in [0.1, 0.15) is 11.5 Å². The lowest BCUT2D eigenvalue weighted by Crippen LogP contribution is -2.47.